The number of halogens is 1. The summed E-state index contributed by atoms with van der Waals surface area (Å²) in [6, 6.07) is 9.76. The fourth-order valence-electron chi connectivity index (χ4n) is 2.09. The zero-order chi connectivity index (χ0) is 15.6. The lowest BCUT2D eigenvalue weighted by atomic mass is 10.1. The van der Waals surface area contributed by atoms with Gasteiger partial charge in [-0.25, -0.2) is 4.39 Å². The Balaban J connectivity index is 2.36. The van der Waals surface area contributed by atoms with Gasteiger partial charge in [-0.05, 0) is 43.2 Å². The smallest absolute Gasteiger partial charge is 0.258 e. The number of anilines is 1. The lowest BCUT2D eigenvalue weighted by Crippen LogP contribution is -2.19. The highest BCUT2D eigenvalue weighted by Gasteiger charge is 2.15. The van der Waals surface area contributed by atoms with Crippen LogP contribution in [0.15, 0.2) is 36.4 Å². The number of aryl methyl sites for hydroxylation is 2. The number of benzene rings is 2. The van der Waals surface area contributed by atoms with E-state index in [1.54, 1.807) is 25.1 Å². The Hall–Kier alpha value is -2.27. The van der Waals surface area contributed by atoms with E-state index in [4.69, 9.17) is 18.0 Å². The molecule has 0 aromatic heterocycles. The van der Waals surface area contributed by atoms with Crippen molar-refractivity contribution in [3.63, 3.8) is 0 Å². The first-order valence-corrected chi connectivity index (χ1v) is 6.78. The first-order chi connectivity index (χ1) is 9.90. The van der Waals surface area contributed by atoms with E-state index < -0.39 is 11.7 Å². The third kappa shape index (κ3) is 3.25. The van der Waals surface area contributed by atoms with Crippen LogP contribution in [0.25, 0.3) is 0 Å². The number of rotatable bonds is 3. The van der Waals surface area contributed by atoms with Crippen LogP contribution in [0.2, 0.25) is 0 Å². The molecule has 2 aromatic carbocycles. The van der Waals surface area contributed by atoms with Gasteiger partial charge in [-0.2, -0.15) is 0 Å². The summed E-state index contributed by atoms with van der Waals surface area (Å²) in [6.45, 7) is 3.60. The molecule has 0 aliphatic carbocycles. The monoisotopic (exact) mass is 302 g/mol. The molecule has 0 bridgehead atoms. The molecular formula is C16H15FN2OS. The first-order valence-electron chi connectivity index (χ1n) is 6.37. The van der Waals surface area contributed by atoms with Gasteiger partial charge >= 0.3 is 0 Å². The Morgan fingerprint density at radius 2 is 1.95 bits per heavy atom. The van der Waals surface area contributed by atoms with E-state index in [-0.39, 0.29) is 10.6 Å². The zero-order valence-corrected chi connectivity index (χ0v) is 12.6. The Kier molecular flexibility index (Phi) is 4.33. The van der Waals surface area contributed by atoms with Gasteiger partial charge in [-0.3, -0.25) is 4.79 Å². The second-order valence-electron chi connectivity index (χ2n) is 4.80. The Morgan fingerprint density at radius 3 is 2.57 bits per heavy atom. The molecule has 0 atom stereocenters. The minimum Gasteiger partial charge on any atom is -0.389 e. The van der Waals surface area contributed by atoms with Crippen molar-refractivity contribution in [1.29, 1.82) is 0 Å². The lowest BCUT2D eigenvalue weighted by molar-refractivity contribution is 0.102. The minimum absolute atomic E-state index is 0.0176. The largest absolute Gasteiger partial charge is 0.389 e. The van der Waals surface area contributed by atoms with Gasteiger partial charge < -0.3 is 11.1 Å². The topological polar surface area (TPSA) is 55.1 Å². The van der Waals surface area contributed by atoms with Gasteiger partial charge in [0.05, 0.1) is 11.3 Å². The van der Waals surface area contributed by atoms with E-state index in [0.29, 0.717) is 11.3 Å². The predicted octanol–water partition coefficient (Wildman–Crippen LogP) is 3.33. The molecule has 0 heterocycles. The van der Waals surface area contributed by atoms with E-state index in [1.807, 2.05) is 13.0 Å². The summed E-state index contributed by atoms with van der Waals surface area (Å²) in [5.41, 5.74) is 8.34. The van der Waals surface area contributed by atoms with Gasteiger partial charge in [0.25, 0.3) is 5.91 Å². The molecule has 0 fully saturated rings. The quantitative estimate of drug-likeness (QED) is 0.855. The van der Waals surface area contributed by atoms with Crippen molar-refractivity contribution in [3.05, 3.63) is 64.5 Å². The molecule has 1 amide bonds. The summed E-state index contributed by atoms with van der Waals surface area (Å²) in [7, 11) is 0. The fourth-order valence-corrected chi connectivity index (χ4v) is 2.36. The maximum absolute atomic E-state index is 13.8. The second-order valence-corrected chi connectivity index (χ2v) is 5.24. The van der Waals surface area contributed by atoms with Gasteiger partial charge in [0.1, 0.15) is 10.8 Å². The number of hydrogen-bond donors (Lipinski definition) is 2. The van der Waals surface area contributed by atoms with Crippen molar-refractivity contribution < 1.29 is 9.18 Å². The average molecular weight is 302 g/mol. The van der Waals surface area contributed by atoms with E-state index in [1.165, 1.54) is 12.1 Å². The zero-order valence-electron chi connectivity index (χ0n) is 11.7. The standard InChI is InChI=1S/C16H15FN2OS/c1-9-6-7-11(12(17)8-9)16(20)19-13-5-3-4-10(2)14(13)15(18)21/h3-8H,1-2H3,(H2,18,21)(H,19,20). The summed E-state index contributed by atoms with van der Waals surface area (Å²) in [5.74, 6) is -1.09. The molecule has 2 rings (SSSR count). The molecule has 0 unspecified atom stereocenters. The fraction of sp³-hybridized carbons (Fsp3) is 0.125. The molecule has 0 spiro atoms. The molecule has 0 radical (unpaired) electrons. The maximum Gasteiger partial charge on any atom is 0.258 e. The third-order valence-corrected chi connectivity index (χ3v) is 3.34. The molecule has 21 heavy (non-hydrogen) atoms. The third-order valence-electron chi connectivity index (χ3n) is 3.14. The summed E-state index contributed by atoms with van der Waals surface area (Å²) in [5, 5.41) is 2.66. The van der Waals surface area contributed by atoms with Gasteiger partial charge in [0.15, 0.2) is 0 Å². The average Bonchev–Trinajstić information content (AvgIpc) is 2.37. The van der Waals surface area contributed by atoms with Crippen LogP contribution < -0.4 is 11.1 Å². The van der Waals surface area contributed by atoms with Crippen LogP contribution in [0.3, 0.4) is 0 Å². The summed E-state index contributed by atoms with van der Waals surface area (Å²) in [4.78, 5) is 12.4. The van der Waals surface area contributed by atoms with Crippen LogP contribution in [0, 0.1) is 19.7 Å². The molecule has 108 valence electrons. The van der Waals surface area contributed by atoms with Crippen LogP contribution in [0.1, 0.15) is 27.0 Å². The summed E-state index contributed by atoms with van der Waals surface area (Å²) in [6.07, 6.45) is 0. The van der Waals surface area contributed by atoms with E-state index in [2.05, 4.69) is 5.32 Å². The number of nitrogens with two attached hydrogens (primary N) is 1. The Bertz CT molecular complexity index is 728. The van der Waals surface area contributed by atoms with Crippen molar-refractivity contribution in [3.8, 4) is 0 Å². The van der Waals surface area contributed by atoms with E-state index in [0.717, 1.165) is 11.1 Å². The highest BCUT2D eigenvalue weighted by Crippen LogP contribution is 2.21. The van der Waals surface area contributed by atoms with Crippen molar-refractivity contribution in [1.82, 2.24) is 0 Å². The first kappa shape index (κ1) is 15.1. The van der Waals surface area contributed by atoms with Crippen LogP contribution in [-0.2, 0) is 0 Å². The normalized spacial score (nSPS) is 10.2. The van der Waals surface area contributed by atoms with Gasteiger partial charge in [0.2, 0.25) is 0 Å². The molecule has 5 heteroatoms. The van der Waals surface area contributed by atoms with Gasteiger partial charge in [0, 0.05) is 5.56 Å². The number of hydrogen-bond acceptors (Lipinski definition) is 2. The highest BCUT2D eigenvalue weighted by molar-refractivity contribution is 7.80. The predicted molar refractivity (Wildman–Crippen MR) is 86.2 cm³/mol. The number of nitrogens with one attached hydrogen (secondary N) is 1. The van der Waals surface area contributed by atoms with Crippen molar-refractivity contribution in [2.24, 2.45) is 5.73 Å². The van der Waals surface area contributed by atoms with Crippen LogP contribution in [-0.4, -0.2) is 10.9 Å². The second kappa shape index (κ2) is 6.01. The summed E-state index contributed by atoms with van der Waals surface area (Å²) < 4.78 is 13.8. The molecule has 3 nitrogen and oxygen atoms in total. The number of carbonyl (C=O) groups excluding carboxylic acids is 1. The van der Waals surface area contributed by atoms with E-state index in [9.17, 15) is 9.18 Å². The highest BCUT2D eigenvalue weighted by atomic mass is 32.1. The SMILES string of the molecule is Cc1ccc(C(=O)Nc2cccc(C)c2C(N)=S)c(F)c1. The Labute approximate surface area is 128 Å². The Morgan fingerprint density at radius 1 is 1.24 bits per heavy atom. The lowest BCUT2D eigenvalue weighted by Gasteiger charge is -2.13. The van der Waals surface area contributed by atoms with Crippen LogP contribution >= 0.6 is 12.2 Å². The van der Waals surface area contributed by atoms with Crippen molar-refractivity contribution in [2.75, 3.05) is 5.32 Å². The molecule has 3 N–H and O–H groups in total. The summed E-state index contributed by atoms with van der Waals surface area (Å²) >= 11 is 5.00. The van der Waals surface area contributed by atoms with Crippen molar-refractivity contribution >= 4 is 28.8 Å². The number of carbonyl (C=O) groups is 1. The molecule has 0 aliphatic heterocycles. The molecule has 0 aliphatic rings. The van der Waals surface area contributed by atoms with Crippen molar-refractivity contribution in [2.45, 2.75) is 13.8 Å². The van der Waals surface area contributed by atoms with Gasteiger partial charge in [-0.15, -0.1) is 0 Å². The van der Waals surface area contributed by atoms with Gasteiger partial charge in [-0.1, -0.05) is 30.4 Å². The number of thiocarbonyl (C=S) groups is 1. The maximum atomic E-state index is 13.8. The number of amides is 1. The molecular weight excluding hydrogens is 287 g/mol. The molecule has 2 aromatic rings. The minimum atomic E-state index is -0.558. The molecule has 0 saturated heterocycles. The molecule has 0 saturated carbocycles. The van der Waals surface area contributed by atoms with Crippen LogP contribution in [0.4, 0.5) is 10.1 Å². The van der Waals surface area contributed by atoms with Crippen LogP contribution in [0.5, 0.6) is 0 Å². The van der Waals surface area contributed by atoms with E-state index >= 15 is 0 Å².